The monoisotopic (exact) mass is 461 g/mol. The molecule has 6 heteroatoms. The largest absolute Gasteiger partial charge is 0.317 e. The van der Waals surface area contributed by atoms with Gasteiger partial charge in [0.15, 0.2) is 0 Å². The number of nitrogens with one attached hydrogen (secondary N) is 1. The number of rotatable bonds is 7. The molecular formula is C26H27N3OS2. The number of carbonyl (C=O) groups is 1. The van der Waals surface area contributed by atoms with E-state index >= 15 is 0 Å². The van der Waals surface area contributed by atoms with Gasteiger partial charge in [-0.25, -0.2) is 4.98 Å². The van der Waals surface area contributed by atoms with Gasteiger partial charge in [0.2, 0.25) is 5.91 Å². The maximum atomic E-state index is 12.9. The van der Waals surface area contributed by atoms with Crippen LogP contribution < -0.4 is 5.32 Å². The van der Waals surface area contributed by atoms with Crippen molar-refractivity contribution >= 4 is 43.8 Å². The van der Waals surface area contributed by atoms with Crippen LogP contribution in [-0.2, 0) is 24.2 Å². The average Bonchev–Trinajstić information content (AvgIpc) is 3.38. The van der Waals surface area contributed by atoms with Gasteiger partial charge in [-0.3, -0.25) is 9.69 Å². The van der Waals surface area contributed by atoms with Crippen LogP contribution in [-0.4, -0.2) is 28.9 Å². The Morgan fingerprint density at radius 2 is 1.91 bits per heavy atom. The molecule has 0 aliphatic carbocycles. The Labute approximate surface area is 196 Å². The maximum absolute atomic E-state index is 12.9. The van der Waals surface area contributed by atoms with Crippen LogP contribution in [0, 0.1) is 0 Å². The van der Waals surface area contributed by atoms with Crippen LogP contribution >= 0.6 is 22.7 Å². The van der Waals surface area contributed by atoms with Crippen LogP contribution in [0.3, 0.4) is 0 Å². The molecule has 0 spiro atoms. The predicted octanol–water partition coefficient (Wildman–Crippen LogP) is 6.36. The van der Waals surface area contributed by atoms with Crippen molar-refractivity contribution in [1.29, 1.82) is 0 Å². The molecule has 0 bridgehead atoms. The number of benzene rings is 2. The summed E-state index contributed by atoms with van der Waals surface area (Å²) in [5.41, 5.74) is 4.74. The van der Waals surface area contributed by atoms with E-state index in [0.29, 0.717) is 6.42 Å². The van der Waals surface area contributed by atoms with Crippen molar-refractivity contribution in [1.82, 2.24) is 9.88 Å². The molecule has 2 aromatic carbocycles. The molecule has 0 saturated heterocycles. The summed E-state index contributed by atoms with van der Waals surface area (Å²) in [6, 6.07) is 18.5. The van der Waals surface area contributed by atoms with E-state index in [0.717, 1.165) is 60.0 Å². The average molecular weight is 462 g/mol. The van der Waals surface area contributed by atoms with Crippen LogP contribution in [0.5, 0.6) is 0 Å². The molecule has 0 fully saturated rings. The van der Waals surface area contributed by atoms with Crippen molar-refractivity contribution < 1.29 is 4.79 Å². The summed E-state index contributed by atoms with van der Waals surface area (Å²) < 4.78 is 1.19. The summed E-state index contributed by atoms with van der Waals surface area (Å²) in [6.45, 7) is 5.38. The van der Waals surface area contributed by atoms with Gasteiger partial charge in [0.1, 0.15) is 10.0 Å². The van der Waals surface area contributed by atoms with Gasteiger partial charge in [0.05, 0.1) is 10.2 Å². The van der Waals surface area contributed by atoms with E-state index in [4.69, 9.17) is 4.98 Å². The minimum Gasteiger partial charge on any atom is -0.317 e. The van der Waals surface area contributed by atoms with Gasteiger partial charge < -0.3 is 5.32 Å². The zero-order chi connectivity index (χ0) is 21.9. The molecule has 4 nitrogen and oxygen atoms in total. The lowest BCUT2D eigenvalue weighted by Crippen LogP contribution is -2.30. The number of hydrogen-bond acceptors (Lipinski definition) is 5. The number of amides is 1. The minimum atomic E-state index is 0.0697. The first kappa shape index (κ1) is 21.3. The van der Waals surface area contributed by atoms with Crippen LogP contribution in [0.4, 0.5) is 5.00 Å². The number of aryl methyl sites for hydroxylation is 1. The Bertz CT molecular complexity index is 1200. The van der Waals surface area contributed by atoms with Crippen molar-refractivity contribution in [3.63, 3.8) is 0 Å². The highest BCUT2D eigenvalue weighted by atomic mass is 32.1. The smallest absolute Gasteiger partial charge is 0.225 e. The topological polar surface area (TPSA) is 45.2 Å². The highest BCUT2D eigenvalue weighted by Crippen LogP contribution is 2.45. The summed E-state index contributed by atoms with van der Waals surface area (Å²) in [7, 11) is 0. The number of nitrogens with zero attached hydrogens (tertiary/aromatic N) is 2. The Hall–Kier alpha value is -2.54. The molecule has 1 amide bonds. The van der Waals surface area contributed by atoms with E-state index in [1.807, 2.05) is 24.3 Å². The molecule has 2 aromatic heterocycles. The normalized spacial score (nSPS) is 13.9. The second-order valence-electron chi connectivity index (χ2n) is 8.25. The number of aromatic nitrogens is 1. The zero-order valence-electron chi connectivity index (χ0n) is 18.3. The molecule has 1 aliphatic rings. The number of thiazole rings is 1. The standard InChI is InChI=1S/C26H27N3OS2/c1-2-15-29-16-14-19-22(17-29)32-26(28-23(30)13-12-18-8-4-3-5-9-18)24(19)25-27-20-10-6-7-11-21(20)31-25/h3-11H,2,12-17H2,1H3,(H,28,30). The van der Waals surface area contributed by atoms with Crippen LogP contribution in [0.25, 0.3) is 20.8 Å². The Kier molecular flexibility index (Phi) is 6.35. The van der Waals surface area contributed by atoms with Crippen molar-refractivity contribution in [3.05, 3.63) is 70.6 Å². The second kappa shape index (κ2) is 9.53. The molecular weight excluding hydrogens is 434 g/mol. The van der Waals surface area contributed by atoms with E-state index < -0.39 is 0 Å². The Morgan fingerprint density at radius 3 is 2.72 bits per heavy atom. The number of carbonyl (C=O) groups excluding carboxylic acids is 1. The third kappa shape index (κ3) is 4.49. The minimum absolute atomic E-state index is 0.0697. The third-order valence-electron chi connectivity index (χ3n) is 5.92. The quantitative estimate of drug-likeness (QED) is 0.348. The van der Waals surface area contributed by atoms with Gasteiger partial charge >= 0.3 is 0 Å². The van der Waals surface area contributed by atoms with Gasteiger partial charge in [0, 0.05) is 30.0 Å². The SMILES string of the molecule is CCCN1CCc2c(sc(NC(=O)CCc3ccccc3)c2-c2nc3ccccc3s2)C1. The van der Waals surface area contributed by atoms with Gasteiger partial charge in [-0.1, -0.05) is 49.4 Å². The second-order valence-corrected chi connectivity index (χ2v) is 10.4. The summed E-state index contributed by atoms with van der Waals surface area (Å²) in [4.78, 5) is 21.7. The molecule has 0 atom stereocenters. The van der Waals surface area contributed by atoms with E-state index in [2.05, 4.69) is 47.5 Å². The number of hydrogen-bond donors (Lipinski definition) is 1. The molecule has 32 heavy (non-hydrogen) atoms. The van der Waals surface area contributed by atoms with E-state index in [-0.39, 0.29) is 5.91 Å². The van der Waals surface area contributed by atoms with Crippen molar-refractivity contribution in [2.24, 2.45) is 0 Å². The van der Waals surface area contributed by atoms with Crippen molar-refractivity contribution in [2.75, 3.05) is 18.4 Å². The Balaban J connectivity index is 1.45. The molecule has 1 N–H and O–H groups in total. The highest BCUT2D eigenvalue weighted by molar-refractivity contribution is 7.22. The first-order valence-corrected chi connectivity index (χ1v) is 12.9. The Morgan fingerprint density at radius 1 is 1.09 bits per heavy atom. The maximum Gasteiger partial charge on any atom is 0.225 e. The highest BCUT2D eigenvalue weighted by Gasteiger charge is 2.27. The lowest BCUT2D eigenvalue weighted by Gasteiger charge is -2.26. The van der Waals surface area contributed by atoms with E-state index in [1.165, 1.54) is 20.7 Å². The molecule has 1 aliphatic heterocycles. The first-order chi connectivity index (χ1) is 15.7. The predicted molar refractivity (Wildman–Crippen MR) is 136 cm³/mol. The first-order valence-electron chi connectivity index (χ1n) is 11.3. The third-order valence-corrected chi connectivity index (χ3v) is 8.11. The van der Waals surface area contributed by atoms with Crippen LogP contribution in [0.1, 0.15) is 35.8 Å². The summed E-state index contributed by atoms with van der Waals surface area (Å²) in [6.07, 6.45) is 3.40. The van der Waals surface area contributed by atoms with Crippen LogP contribution in [0.15, 0.2) is 54.6 Å². The molecule has 0 radical (unpaired) electrons. The van der Waals surface area contributed by atoms with Crippen molar-refractivity contribution in [2.45, 2.75) is 39.2 Å². The number of para-hydroxylation sites is 1. The molecule has 4 aromatic rings. The molecule has 5 rings (SSSR count). The van der Waals surface area contributed by atoms with Crippen molar-refractivity contribution in [3.8, 4) is 10.6 Å². The molecule has 0 unspecified atom stereocenters. The fourth-order valence-electron chi connectivity index (χ4n) is 4.35. The summed E-state index contributed by atoms with van der Waals surface area (Å²) in [5, 5.41) is 5.24. The fourth-order valence-corrected chi connectivity index (χ4v) is 6.77. The van der Waals surface area contributed by atoms with Gasteiger partial charge in [-0.2, -0.15) is 0 Å². The molecule has 164 valence electrons. The number of fused-ring (bicyclic) bond motifs is 2. The number of anilines is 1. The zero-order valence-corrected chi connectivity index (χ0v) is 19.9. The van der Waals surface area contributed by atoms with E-state index in [1.54, 1.807) is 22.7 Å². The summed E-state index contributed by atoms with van der Waals surface area (Å²) >= 11 is 3.46. The lowest BCUT2D eigenvalue weighted by molar-refractivity contribution is -0.116. The van der Waals surface area contributed by atoms with Gasteiger partial charge in [-0.15, -0.1) is 22.7 Å². The van der Waals surface area contributed by atoms with Gasteiger partial charge in [-0.05, 0) is 49.1 Å². The van der Waals surface area contributed by atoms with Gasteiger partial charge in [0.25, 0.3) is 0 Å². The van der Waals surface area contributed by atoms with E-state index in [9.17, 15) is 4.79 Å². The molecule has 0 saturated carbocycles. The summed E-state index contributed by atoms with van der Waals surface area (Å²) in [5.74, 6) is 0.0697. The number of thiophene rings is 1. The fraction of sp³-hybridized carbons (Fsp3) is 0.308. The lowest BCUT2D eigenvalue weighted by atomic mass is 10.0. The molecule has 3 heterocycles. The van der Waals surface area contributed by atoms with Crippen LogP contribution in [0.2, 0.25) is 0 Å².